The highest BCUT2D eigenvalue weighted by molar-refractivity contribution is 6.31. The van der Waals surface area contributed by atoms with Gasteiger partial charge in [0.2, 0.25) is 0 Å². The van der Waals surface area contributed by atoms with Crippen LogP contribution in [0.15, 0.2) is 48.5 Å². The molecule has 0 N–H and O–H groups in total. The summed E-state index contributed by atoms with van der Waals surface area (Å²) >= 11 is 12.7. The molecule has 0 spiro atoms. The van der Waals surface area contributed by atoms with E-state index >= 15 is 0 Å². The van der Waals surface area contributed by atoms with Crippen molar-refractivity contribution in [1.29, 1.82) is 0 Å². The highest BCUT2D eigenvalue weighted by Gasteiger charge is 2.10. The van der Waals surface area contributed by atoms with Crippen molar-refractivity contribution in [1.82, 2.24) is 0 Å². The second kappa shape index (κ2) is 7.71. The molecule has 1 atom stereocenters. The summed E-state index contributed by atoms with van der Waals surface area (Å²) in [5, 5.41) is 0.757. The average Bonchev–Trinajstić information content (AvgIpc) is 2.48. The van der Waals surface area contributed by atoms with Gasteiger partial charge < -0.3 is 0 Å². The summed E-state index contributed by atoms with van der Waals surface area (Å²) in [6.07, 6.45) is 4.37. The lowest BCUT2D eigenvalue weighted by atomic mass is 10.0. The van der Waals surface area contributed by atoms with E-state index < -0.39 is 0 Å². The van der Waals surface area contributed by atoms with E-state index in [1.54, 1.807) is 0 Å². The molecule has 0 aromatic heterocycles. The number of benzene rings is 2. The van der Waals surface area contributed by atoms with E-state index in [4.69, 9.17) is 23.2 Å². The van der Waals surface area contributed by atoms with E-state index in [1.165, 1.54) is 18.4 Å². The lowest BCUT2D eigenvalue weighted by molar-refractivity contribution is 0.794. The Morgan fingerprint density at radius 3 is 2.35 bits per heavy atom. The minimum Gasteiger partial charge on any atom is -0.117 e. The summed E-state index contributed by atoms with van der Waals surface area (Å²) in [4.78, 5) is 0. The lowest BCUT2D eigenvalue weighted by Gasteiger charge is -2.12. The minimum atomic E-state index is -0.0323. The zero-order chi connectivity index (χ0) is 14.4. The third-order valence-electron chi connectivity index (χ3n) is 3.52. The fraction of sp³-hybridized carbons (Fsp3) is 0.333. The molecule has 0 nitrogen and oxygen atoms in total. The highest BCUT2D eigenvalue weighted by atomic mass is 35.5. The van der Waals surface area contributed by atoms with Crippen LogP contribution in [0.4, 0.5) is 0 Å². The summed E-state index contributed by atoms with van der Waals surface area (Å²) in [7, 11) is 0. The van der Waals surface area contributed by atoms with Gasteiger partial charge in [-0.3, -0.25) is 0 Å². The third kappa shape index (κ3) is 4.26. The first-order valence-corrected chi connectivity index (χ1v) is 7.98. The van der Waals surface area contributed by atoms with Crippen LogP contribution < -0.4 is 0 Å². The van der Waals surface area contributed by atoms with Gasteiger partial charge in [-0.25, -0.2) is 0 Å². The molecular weight excluding hydrogens is 287 g/mol. The maximum absolute atomic E-state index is 6.51. The van der Waals surface area contributed by atoms with Crippen LogP contribution >= 0.6 is 23.2 Å². The van der Waals surface area contributed by atoms with Crippen molar-refractivity contribution in [2.24, 2.45) is 0 Å². The summed E-state index contributed by atoms with van der Waals surface area (Å²) in [6.45, 7) is 2.22. The molecule has 0 aliphatic rings. The topological polar surface area (TPSA) is 0 Å². The van der Waals surface area contributed by atoms with Gasteiger partial charge >= 0.3 is 0 Å². The number of halogens is 2. The minimum absolute atomic E-state index is 0.0323. The van der Waals surface area contributed by atoms with Crippen molar-refractivity contribution in [3.05, 3.63) is 70.2 Å². The summed E-state index contributed by atoms with van der Waals surface area (Å²) in [6, 6.07) is 16.5. The maximum atomic E-state index is 6.51. The highest BCUT2D eigenvalue weighted by Crippen LogP contribution is 2.28. The van der Waals surface area contributed by atoms with E-state index in [0.717, 1.165) is 29.0 Å². The van der Waals surface area contributed by atoms with Crippen molar-refractivity contribution in [2.75, 3.05) is 0 Å². The molecule has 2 rings (SSSR count). The standard InChI is InChI=1S/C18H20Cl2/c1-2-3-6-14-9-11-15(12-10-14)18(20)13-16-7-4-5-8-17(16)19/h4-5,7-12,18H,2-3,6,13H2,1H3. The van der Waals surface area contributed by atoms with Crippen LogP contribution in [0, 0.1) is 0 Å². The van der Waals surface area contributed by atoms with E-state index in [-0.39, 0.29) is 5.38 Å². The Morgan fingerprint density at radius 2 is 1.70 bits per heavy atom. The summed E-state index contributed by atoms with van der Waals surface area (Å²) < 4.78 is 0. The number of alkyl halides is 1. The van der Waals surface area contributed by atoms with Gasteiger partial charge in [-0.15, -0.1) is 11.6 Å². The number of rotatable bonds is 6. The maximum Gasteiger partial charge on any atom is 0.0626 e. The van der Waals surface area contributed by atoms with E-state index in [2.05, 4.69) is 31.2 Å². The molecular formula is C18H20Cl2. The van der Waals surface area contributed by atoms with Crippen molar-refractivity contribution < 1.29 is 0 Å². The molecule has 0 aliphatic heterocycles. The molecule has 2 aromatic carbocycles. The van der Waals surface area contributed by atoms with E-state index in [0.29, 0.717) is 0 Å². The Bertz CT molecular complexity index is 531. The van der Waals surface area contributed by atoms with Gasteiger partial charge in [0.25, 0.3) is 0 Å². The average molecular weight is 307 g/mol. The summed E-state index contributed by atoms with van der Waals surface area (Å²) in [5.74, 6) is 0. The number of hydrogen-bond donors (Lipinski definition) is 0. The van der Waals surface area contributed by atoms with Gasteiger partial charge in [0.1, 0.15) is 0 Å². The largest absolute Gasteiger partial charge is 0.117 e. The molecule has 2 heteroatoms. The quantitative estimate of drug-likeness (QED) is 0.557. The first-order valence-electron chi connectivity index (χ1n) is 7.17. The van der Waals surface area contributed by atoms with Crippen LogP contribution in [0.25, 0.3) is 0 Å². The first kappa shape index (κ1) is 15.4. The predicted octanol–water partition coefficient (Wildman–Crippen LogP) is 6.21. The van der Waals surface area contributed by atoms with Crippen LogP contribution in [-0.4, -0.2) is 0 Å². The second-order valence-electron chi connectivity index (χ2n) is 5.11. The normalized spacial score (nSPS) is 12.3. The molecule has 0 aliphatic carbocycles. The van der Waals surface area contributed by atoms with Crippen LogP contribution in [0.2, 0.25) is 5.02 Å². The molecule has 106 valence electrons. The van der Waals surface area contributed by atoms with Gasteiger partial charge in [0.05, 0.1) is 5.38 Å². The number of hydrogen-bond acceptors (Lipinski definition) is 0. The molecule has 0 heterocycles. The van der Waals surface area contributed by atoms with Gasteiger partial charge in [0, 0.05) is 5.02 Å². The Kier molecular flexibility index (Phi) is 5.94. The molecule has 0 amide bonds. The zero-order valence-electron chi connectivity index (χ0n) is 11.8. The second-order valence-corrected chi connectivity index (χ2v) is 6.04. The van der Waals surface area contributed by atoms with Gasteiger partial charge in [-0.1, -0.05) is 67.4 Å². The lowest BCUT2D eigenvalue weighted by Crippen LogP contribution is -1.97. The van der Waals surface area contributed by atoms with Crippen molar-refractivity contribution in [3.63, 3.8) is 0 Å². The van der Waals surface area contributed by atoms with Gasteiger partial charge in [-0.2, -0.15) is 0 Å². The Morgan fingerprint density at radius 1 is 1.00 bits per heavy atom. The molecule has 1 unspecified atom stereocenters. The SMILES string of the molecule is CCCCc1ccc(C(Cl)Cc2ccccc2Cl)cc1. The monoisotopic (exact) mass is 306 g/mol. The Hall–Kier alpha value is -0.980. The predicted molar refractivity (Wildman–Crippen MR) is 88.8 cm³/mol. The fourth-order valence-corrected chi connectivity index (χ4v) is 2.77. The van der Waals surface area contributed by atoms with Gasteiger partial charge in [0.15, 0.2) is 0 Å². The van der Waals surface area contributed by atoms with Gasteiger partial charge in [-0.05, 0) is 42.0 Å². The van der Waals surface area contributed by atoms with Crippen LogP contribution in [-0.2, 0) is 12.8 Å². The zero-order valence-corrected chi connectivity index (χ0v) is 13.3. The Labute approximate surface area is 131 Å². The first-order chi connectivity index (χ1) is 9.70. The summed E-state index contributed by atoms with van der Waals surface area (Å²) in [5.41, 5.74) is 3.65. The fourth-order valence-electron chi connectivity index (χ4n) is 2.25. The molecule has 0 fully saturated rings. The van der Waals surface area contributed by atoms with Crippen molar-refractivity contribution in [3.8, 4) is 0 Å². The number of aryl methyl sites for hydroxylation is 1. The smallest absolute Gasteiger partial charge is 0.0626 e. The molecule has 2 aromatic rings. The van der Waals surface area contributed by atoms with E-state index in [9.17, 15) is 0 Å². The third-order valence-corrected chi connectivity index (χ3v) is 4.29. The van der Waals surface area contributed by atoms with Crippen molar-refractivity contribution in [2.45, 2.75) is 38.0 Å². The molecule has 0 saturated heterocycles. The van der Waals surface area contributed by atoms with Crippen LogP contribution in [0.3, 0.4) is 0 Å². The Balaban J connectivity index is 2.02. The van der Waals surface area contributed by atoms with Crippen LogP contribution in [0.1, 0.15) is 41.8 Å². The molecule has 0 radical (unpaired) electrons. The molecule has 20 heavy (non-hydrogen) atoms. The molecule has 0 bridgehead atoms. The van der Waals surface area contributed by atoms with Crippen LogP contribution in [0.5, 0.6) is 0 Å². The number of unbranched alkanes of at least 4 members (excludes halogenated alkanes) is 1. The van der Waals surface area contributed by atoms with E-state index in [1.807, 2.05) is 24.3 Å². The van der Waals surface area contributed by atoms with Crippen molar-refractivity contribution >= 4 is 23.2 Å². The molecule has 0 saturated carbocycles.